The van der Waals surface area contributed by atoms with Crippen LogP contribution in [0.5, 0.6) is 0 Å². The van der Waals surface area contributed by atoms with Crippen LogP contribution in [0, 0.1) is 0 Å². The van der Waals surface area contributed by atoms with E-state index in [-0.39, 0.29) is 12.3 Å². The van der Waals surface area contributed by atoms with E-state index < -0.39 is 29.8 Å². The number of hydrogen-bond acceptors (Lipinski definition) is 6. The van der Waals surface area contributed by atoms with Crippen molar-refractivity contribution in [2.24, 2.45) is 10.9 Å². The van der Waals surface area contributed by atoms with Gasteiger partial charge in [0.2, 0.25) is 0 Å². The molecule has 3 N–H and O–H groups in total. The molecule has 0 aromatic heterocycles. The summed E-state index contributed by atoms with van der Waals surface area (Å²) in [4.78, 5) is 28.7. The van der Waals surface area contributed by atoms with E-state index in [1.165, 1.54) is 7.11 Å². The topological polar surface area (TPSA) is 112 Å². The number of carbonyl (C=O) groups excluding carboxylic acids is 2. The fourth-order valence-corrected chi connectivity index (χ4v) is 2.23. The van der Waals surface area contributed by atoms with Crippen LogP contribution in [0.2, 0.25) is 5.02 Å². The SMILES string of the molecule is COC(=O)C[C@H](C)O/N=C(\N)[C@H](Cc1ccc(Cl)cc1)NC(=O)OC(C)(C)C. The lowest BCUT2D eigenvalue weighted by molar-refractivity contribution is -0.143. The molecular formula is C19H28ClN3O5. The number of rotatable bonds is 8. The molecule has 0 heterocycles. The molecule has 0 aliphatic rings. The molecule has 2 atom stereocenters. The zero-order valence-electron chi connectivity index (χ0n) is 16.8. The second-order valence-electron chi connectivity index (χ2n) is 7.24. The summed E-state index contributed by atoms with van der Waals surface area (Å²) < 4.78 is 9.86. The molecule has 0 unspecified atom stereocenters. The van der Waals surface area contributed by atoms with Gasteiger partial charge in [0.15, 0.2) is 5.84 Å². The van der Waals surface area contributed by atoms with Crippen LogP contribution in [0.4, 0.5) is 4.79 Å². The number of methoxy groups -OCH3 is 1. The molecule has 0 aliphatic carbocycles. The van der Waals surface area contributed by atoms with Crippen molar-refractivity contribution in [1.82, 2.24) is 5.32 Å². The third-order valence-electron chi connectivity index (χ3n) is 3.42. The largest absolute Gasteiger partial charge is 0.469 e. The first kappa shape index (κ1) is 23.6. The van der Waals surface area contributed by atoms with E-state index in [2.05, 4.69) is 15.2 Å². The number of alkyl carbamates (subject to hydrolysis) is 1. The first-order valence-electron chi connectivity index (χ1n) is 8.80. The summed E-state index contributed by atoms with van der Waals surface area (Å²) in [6.45, 7) is 6.94. The van der Waals surface area contributed by atoms with Crippen LogP contribution in [0.3, 0.4) is 0 Å². The molecule has 0 saturated heterocycles. The van der Waals surface area contributed by atoms with Gasteiger partial charge in [0, 0.05) is 11.4 Å². The number of amidine groups is 1. The van der Waals surface area contributed by atoms with Crippen molar-refractivity contribution in [1.29, 1.82) is 0 Å². The molecular weight excluding hydrogens is 386 g/mol. The molecule has 28 heavy (non-hydrogen) atoms. The van der Waals surface area contributed by atoms with Crippen molar-refractivity contribution in [3.05, 3.63) is 34.9 Å². The minimum atomic E-state index is -0.679. The van der Waals surface area contributed by atoms with Crippen LogP contribution in [0.15, 0.2) is 29.4 Å². The lowest BCUT2D eigenvalue weighted by Crippen LogP contribution is -2.47. The van der Waals surface area contributed by atoms with E-state index >= 15 is 0 Å². The van der Waals surface area contributed by atoms with Gasteiger partial charge in [-0.3, -0.25) is 4.79 Å². The molecule has 1 aromatic carbocycles. The number of benzene rings is 1. The van der Waals surface area contributed by atoms with E-state index in [4.69, 9.17) is 26.9 Å². The smallest absolute Gasteiger partial charge is 0.408 e. The lowest BCUT2D eigenvalue weighted by Gasteiger charge is -2.23. The molecule has 1 rings (SSSR count). The highest BCUT2D eigenvalue weighted by molar-refractivity contribution is 6.30. The van der Waals surface area contributed by atoms with Gasteiger partial charge in [0.25, 0.3) is 0 Å². The Labute approximate surface area is 170 Å². The molecule has 0 aliphatic heterocycles. The van der Waals surface area contributed by atoms with Crippen molar-refractivity contribution in [3.63, 3.8) is 0 Å². The Morgan fingerprint density at radius 3 is 2.39 bits per heavy atom. The zero-order chi connectivity index (χ0) is 21.3. The Morgan fingerprint density at radius 2 is 1.86 bits per heavy atom. The van der Waals surface area contributed by atoms with E-state index in [1.54, 1.807) is 39.8 Å². The number of nitrogens with two attached hydrogens (primary N) is 1. The molecule has 0 spiro atoms. The Morgan fingerprint density at radius 1 is 1.25 bits per heavy atom. The summed E-state index contributed by atoms with van der Waals surface area (Å²) >= 11 is 5.91. The monoisotopic (exact) mass is 413 g/mol. The van der Waals surface area contributed by atoms with E-state index in [0.717, 1.165) is 5.56 Å². The van der Waals surface area contributed by atoms with Gasteiger partial charge in [-0.25, -0.2) is 4.79 Å². The number of halogens is 1. The van der Waals surface area contributed by atoms with Crippen molar-refractivity contribution in [2.75, 3.05) is 7.11 Å². The molecule has 156 valence electrons. The van der Waals surface area contributed by atoms with Gasteiger partial charge >= 0.3 is 12.1 Å². The van der Waals surface area contributed by atoms with E-state index in [1.807, 2.05) is 12.1 Å². The summed E-state index contributed by atoms with van der Waals surface area (Å²) in [5.41, 5.74) is 6.25. The van der Waals surface area contributed by atoms with Gasteiger partial charge in [-0.15, -0.1) is 0 Å². The maximum atomic E-state index is 12.2. The Kier molecular flexibility index (Phi) is 9.05. The third kappa shape index (κ3) is 9.45. The standard InChI is InChI=1S/C19H28ClN3O5/c1-12(10-16(24)26-5)28-23-17(21)15(22-18(25)27-19(2,3)4)11-13-6-8-14(20)9-7-13/h6-9,12,15H,10-11H2,1-5H3,(H2,21,23)(H,22,25)/t12-,15-/m0/s1. The van der Waals surface area contributed by atoms with Crippen molar-refractivity contribution >= 4 is 29.5 Å². The molecule has 9 heteroatoms. The Bertz CT molecular complexity index is 686. The molecule has 8 nitrogen and oxygen atoms in total. The fourth-order valence-electron chi connectivity index (χ4n) is 2.11. The second-order valence-corrected chi connectivity index (χ2v) is 7.68. The van der Waals surface area contributed by atoms with Crippen LogP contribution in [0.1, 0.15) is 39.7 Å². The maximum absolute atomic E-state index is 12.2. The molecule has 0 bridgehead atoms. The summed E-state index contributed by atoms with van der Waals surface area (Å²) in [5.74, 6) is -0.386. The van der Waals surface area contributed by atoms with Crippen LogP contribution in [-0.2, 0) is 25.5 Å². The van der Waals surface area contributed by atoms with E-state index in [0.29, 0.717) is 11.4 Å². The summed E-state index contributed by atoms with van der Waals surface area (Å²) in [6.07, 6.45) is -0.800. The molecule has 0 saturated carbocycles. The maximum Gasteiger partial charge on any atom is 0.408 e. The van der Waals surface area contributed by atoms with Crippen LogP contribution in [-0.4, -0.2) is 42.8 Å². The number of nitrogens with one attached hydrogen (secondary N) is 1. The summed E-state index contributed by atoms with van der Waals surface area (Å²) in [7, 11) is 1.29. The highest BCUT2D eigenvalue weighted by atomic mass is 35.5. The molecule has 0 fully saturated rings. The highest BCUT2D eigenvalue weighted by Crippen LogP contribution is 2.13. The average Bonchev–Trinajstić information content (AvgIpc) is 2.59. The molecule has 1 aromatic rings. The first-order chi connectivity index (χ1) is 13.0. The van der Waals surface area contributed by atoms with Crippen LogP contribution >= 0.6 is 11.6 Å². The van der Waals surface area contributed by atoms with E-state index in [9.17, 15) is 9.59 Å². The molecule has 0 radical (unpaired) electrons. The van der Waals surface area contributed by atoms with Gasteiger partial charge in [-0.1, -0.05) is 28.9 Å². The van der Waals surface area contributed by atoms with Gasteiger partial charge in [-0.2, -0.15) is 0 Å². The summed E-state index contributed by atoms with van der Waals surface area (Å²) in [6, 6.07) is 6.44. The predicted octanol–water partition coefficient (Wildman–Crippen LogP) is 3.02. The number of nitrogens with zero attached hydrogens (tertiary/aromatic N) is 1. The van der Waals surface area contributed by atoms with Crippen molar-refractivity contribution < 1.29 is 23.9 Å². The first-order valence-corrected chi connectivity index (χ1v) is 9.18. The number of carbonyl (C=O) groups is 2. The minimum absolute atomic E-state index is 0.0224. The number of oxime groups is 1. The minimum Gasteiger partial charge on any atom is -0.469 e. The van der Waals surface area contributed by atoms with Gasteiger partial charge in [-0.05, 0) is 45.4 Å². The van der Waals surface area contributed by atoms with Crippen molar-refractivity contribution in [2.45, 2.75) is 58.3 Å². The number of esters is 1. The number of ether oxygens (including phenoxy) is 2. The zero-order valence-corrected chi connectivity index (χ0v) is 17.6. The quantitative estimate of drug-likeness (QED) is 0.293. The van der Waals surface area contributed by atoms with Crippen molar-refractivity contribution in [3.8, 4) is 0 Å². The second kappa shape index (κ2) is 10.8. The Balaban J connectivity index is 2.88. The number of amides is 1. The Hall–Kier alpha value is -2.48. The average molecular weight is 414 g/mol. The fraction of sp³-hybridized carbons (Fsp3) is 0.526. The predicted molar refractivity (Wildman–Crippen MR) is 107 cm³/mol. The third-order valence-corrected chi connectivity index (χ3v) is 3.67. The van der Waals surface area contributed by atoms with Gasteiger partial charge < -0.3 is 25.4 Å². The van der Waals surface area contributed by atoms with Gasteiger partial charge in [0.05, 0.1) is 19.6 Å². The molecule has 1 amide bonds. The number of hydrogen-bond donors (Lipinski definition) is 2. The van der Waals surface area contributed by atoms with Crippen LogP contribution in [0.25, 0.3) is 0 Å². The lowest BCUT2D eigenvalue weighted by atomic mass is 10.1. The normalized spacial score (nSPS) is 14.0. The van der Waals surface area contributed by atoms with Crippen LogP contribution < -0.4 is 11.1 Å². The van der Waals surface area contributed by atoms with Gasteiger partial charge in [0.1, 0.15) is 11.7 Å². The highest BCUT2D eigenvalue weighted by Gasteiger charge is 2.23. The summed E-state index contributed by atoms with van der Waals surface area (Å²) in [5, 5.41) is 7.15.